The van der Waals surface area contributed by atoms with Crippen LogP contribution in [0.1, 0.15) is 10.6 Å². The van der Waals surface area contributed by atoms with Crippen LogP contribution in [0.3, 0.4) is 0 Å². The first-order valence-corrected chi connectivity index (χ1v) is 7.81. The average Bonchev–Trinajstić information content (AvgIpc) is 2.96. The SMILES string of the molecule is COc1ccc(-c2nc(N)ncc2-c2csc(C)n2)c(O)c1C. The Morgan fingerprint density at radius 2 is 1.96 bits per heavy atom. The molecule has 0 bridgehead atoms. The number of nitrogen functional groups attached to an aromatic ring is 1. The number of phenolic OH excluding ortho intramolecular Hbond substituents is 1. The zero-order chi connectivity index (χ0) is 16.6. The molecule has 0 unspecified atom stereocenters. The van der Waals surface area contributed by atoms with E-state index in [1.165, 1.54) is 0 Å². The Bertz CT molecular complexity index is 877. The monoisotopic (exact) mass is 328 g/mol. The normalized spacial score (nSPS) is 10.7. The molecule has 2 heterocycles. The Balaban J connectivity index is 2.24. The second-order valence-electron chi connectivity index (χ2n) is 5.03. The van der Waals surface area contributed by atoms with Crippen molar-refractivity contribution in [3.63, 3.8) is 0 Å². The van der Waals surface area contributed by atoms with E-state index >= 15 is 0 Å². The summed E-state index contributed by atoms with van der Waals surface area (Å²) in [5.41, 5.74) is 8.99. The van der Waals surface area contributed by atoms with Gasteiger partial charge in [0.15, 0.2) is 0 Å². The maximum atomic E-state index is 10.5. The Morgan fingerprint density at radius 1 is 1.17 bits per heavy atom. The first-order valence-electron chi connectivity index (χ1n) is 6.93. The second kappa shape index (κ2) is 5.85. The van der Waals surface area contributed by atoms with Crippen molar-refractivity contribution >= 4 is 17.3 Å². The number of phenols is 1. The van der Waals surface area contributed by atoms with Crippen LogP contribution < -0.4 is 10.5 Å². The second-order valence-corrected chi connectivity index (χ2v) is 6.09. The zero-order valence-electron chi connectivity index (χ0n) is 13.0. The van der Waals surface area contributed by atoms with Crippen LogP contribution in [0.2, 0.25) is 0 Å². The highest BCUT2D eigenvalue weighted by atomic mass is 32.1. The molecule has 6 nitrogen and oxygen atoms in total. The summed E-state index contributed by atoms with van der Waals surface area (Å²) in [5, 5.41) is 13.4. The Morgan fingerprint density at radius 3 is 2.61 bits per heavy atom. The van der Waals surface area contributed by atoms with Crippen LogP contribution in [0.4, 0.5) is 5.95 Å². The molecule has 0 aliphatic rings. The number of rotatable bonds is 3. The van der Waals surface area contributed by atoms with Crippen LogP contribution in [0, 0.1) is 13.8 Å². The number of methoxy groups -OCH3 is 1. The first-order chi connectivity index (χ1) is 11.0. The number of benzene rings is 1. The number of anilines is 1. The van der Waals surface area contributed by atoms with E-state index < -0.39 is 0 Å². The van der Waals surface area contributed by atoms with Gasteiger partial charge in [-0.25, -0.2) is 15.0 Å². The molecule has 0 amide bonds. The molecule has 0 radical (unpaired) electrons. The molecule has 0 saturated carbocycles. The van der Waals surface area contributed by atoms with Gasteiger partial charge in [0.2, 0.25) is 5.95 Å². The zero-order valence-corrected chi connectivity index (χ0v) is 13.8. The van der Waals surface area contributed by atoms with Crippen molar-refractivity contribution in [3.8, 4) is 34.0 Å². The predicted molar refractivity (Wildman–Crippen MR) is 90.7 cm³/mol. The number of hydrogen-bond donors (Lipinski definition) is 2. The summed E-state index contributed by atoms with van der Waals surface area (Å²) < 4.78 is 5.23. The molecule has 0 fully saturated rings. The summed E-state index contributed by atoms with van der Waals surface area (Å²) >= 11 is 1.54. The third-order valence-corrected chi connectivity index (χ3v) is 4.33. The van der Waals surface area contributed by atoms with Gasteiger partial charge in [0.05, 0.1) is 23.5 Å². The van der Waals surface area contributed by atoms with Crippen molar-refractivity contribution in [3.05, 3.63) is 34.3 Å². The van der Waals surface area contributed by atoms with Crippen LogP contribution in [-0.4, -0.2) is 27.2 Å². The molecule has 0 aliphatic carbocycles. The average molecular weight is 328 g/mol. The van der Waals surface area contributed by atoms with E-state index in [-0.39, 0.29) is 11.7 Å². The third-order valence-electron chi connectivity index (χ3n) is 3.56. The largest absolute Gasteiger partial charge is 0.507 e. The summed E-state index contributed by atoms with van der Waals surface area (Å²) in [7, 11) is 1.56. The maximum absolute atomic E-state index is 10.5. The lowest BCUT2D eigenvalue weighted by Crippen LogP contribution is -2.00. The number of nitrogens with zero attached hydrogens (tertiary/aromatic N) is 3. The number of aromatic hydroxyl groups is 1. The van der Waals surface area contributed by atoms with Crippen molar-refractivity contribution in [2.45, 2.75) is 13.8 Å². The van der Waals surface area contributed by atoms with E-state index in [1.54, 1.807) is 43.7 Å². The fraction of sp³-hybridized carbons (Fsp3) is 0.188. The van der Waals surface area contributed by atoms with Crippen LogP contribution in [0.25, 0.3) is 22.5 Å². The first kappa shape index (κ1) is 15.2. The van der Waals surface area contributed by atoms with Crippen LogP contribution >= 0.6 is 11.3 Å². The minimum absolute atomic E-state index is 0.107. The van der Waals surface area contributed by atoms with Gasteiger partial charge in [-0.2, -0.15) is 0 Å². The molecule has 3 aromatic rings. The van der Waals surface area contributed by atoms with E-state index in [9.17, 15) is 5.11 Å². The molecular formula is C16H16N4O2S. The van der Waals surface area contributed by atoms with Gasteiger partial charge in [0.25, 0.3) is 0 Å². The van der Waals surface area contributed by atoms with Gasteiger partial charge in [-0.05, 0) is 26.0 Å². The van der Waals surface area contributed by atoms with Gasteiger partial charge < -0.3 is 15.6 Å². The molecule has 0 saturated heterocycles. The van der Waals surface area contributed by atoms with E-state index in [4.69, 9.17) is 10.5 Å². The molecule has 118 valence electrons. The van der Waals surface area contributed by atoms with Crippen LogP contribution in [0.5, 0.6) is 11.5 Å². The summed E-state index contributed by atoms with van der Waals surface area (Å²) in [6.45, 7) is 3.72. The quantitative estimate of drug-likeness (QED) is 0.767. The summed E-state index contributed by atoms with van der Waals surface area (Å²) in [5.74, 6) is 0.860. The van der Waals surface area contributed by atoms with E-state index in [0.717, 1.165) is 16.3 Å². The smallest absolute Gasteiger partial charge is 0.220 e. The number of hydrogen-bond acceptors (Lipinski definition) is 7. The van der Waals surface area contributed by atoms with Crippen molar-refractivity contribution < 1.29 is 9.84 Å². The number of aryl methyl sites for hydroxylation is 1. The van der Waals surface area contributed by atoms with Gasteiger partial charge in [0.1, 0.15) is 11.5 Å². The van der Waals surface area contributed by atoms with Gasteiger partial charge >= 0.3 is 0 Å². The molecule has 7 heteroatoms. The van der Waals surface area contributed by atoms with Crippen molar-refractivity contribution in [1.82, 2.24) is 15.0 Å². The lowest BCUT2D eigenvalue weighted by molar-refractivity contribution is 0.403. The van der Waals surface area contributed by atoms with E-state index in [0.29, 0.717) is 22.6 Å². The van der Waals surface area contributed by atoms with E-state index in [1.807, 2.05) is 12.3 Å². The van der Waals surface area contributed by atoms with Crippen molar-refractivity contribution in [1.29, 1.82) is 0 Å². The van der Waals surface area contributed by atoms with Gasteiger partial charge in [-0.3, -0.25) is 0 Å². The van der Waals surface area contributed by atoms with Crippen molar-refractivity contribution in [2.75, 3.05) is 12.8 Å². The maximum Gasteiger partial charge on any atom is 0.220 e. The van der Waals surface area contributed by atoms with E-state index in [2.05, 4.69) is 15.0 Å². The van der Waals surface area contributed by atoms with Crippen molar-refractivity contribution in [2.24, 2.45) is 0 Å². The summed E-state index contributed by atoms with van der Waals surface area (Å²) in [4.78, 5) is 12.9. The summed E-state index contributed by atoms with van der Waals surface area (Å²) in [6.07, 6.45) is 1.63. The molecule has 3 N–H and O–H groups in total. The standard InChI is InChI=1S/C16H16N4O2S/c1-8-13(22-3)5-4-10(15(8)21)14-11(6-18-16(17)20-14)12-7-23-9(2)19-12/h4-7,21H,1-3H3,(H2,17,18,20). The predicted octanol–water partition coefficient (Wildman–Crippen LogP) is 3.18. The Kier molecular flexibility index (Phi) is 3.87. The van der Waals surface area contributed by atoms with Gasteiger partial charge in [0, 0.05) is 28.3 Å². The molecule has 1 aromatic carbocycles. The number of thiazole rings is 1. The molecule has 3 rings (SSSR count). The number of ether oxygens (including phenoxy) is 1. The highest BCUT2D eigenvalue weighted by molar-refractivity contribution is 7.09. The van der Waals surface area contributed by atoms with Crippen LogP contribution in [-0.2, 0) is 0 Å². The third kappa shape index (κ3) is 2.70. The highest BCUT2D eigenvalue weighted by Crippen LogP contribution is 2.40. The lowest BCUT2D eigenvalue weighted by Gasteiger charge is -2.13. The number of nitrogens with two attached hydrogens (primary N) is 1. The lowest BCUT2D eigenvalue weighted by atomic mass is 10.0. The molecule has 0 spiro atoms. The molecule has 0 atom stereocenters. The molecule has 0 aliphatic heterocycles. The minimum atomic E-state index is 0.107. The molecule has 23 heavy (non-hydrogen) atoms. The molecule has 2 aromatic heterocycles. The fourth-order valence-electron chi connectivity index (χ4n) is 2.37. The van der Waals surface area contributed by atoms with Gasteiger partial charge in [-0.15, -0.1) is 11.3 Å². The fourth-order valence-corrected chi connectivity index (χ4v) is 2.98. The van der Waals surface area contributed by atoms with Crippen LogP contribution in [0.15, 0.2) is 23.7 Å². The molecular weight excluding hydrogens is 312 g/mol. The van der Waals surface area contributed by atoms with Gasteiger partial charge in [-0.1, -0.05) is 0 Å². The number of aromatic nitrogens is 3. The minimum Gasteiger partial charge on any atom is -0.507 e. The Hall–Kier alpha value is -2.67. The topological polar surface area (TPSA) is 94.2 Å². The highest BCUT2D eigenvalue weighted by Gasteiger charge is 2.18. The summed E-state index contributed by atoms with van der Waals surface area (Å²) in [6, 6.07) is 3.55. The Labute approximate surface area is 137 Å².